The molecule has 0 aromatic heterocycles. The van der Waals surface area contributed by atoms with Crippen molar-refractivity contribution in [2.75, 3.05) is 7.11 Å². The van der Waals surface area contributed by atoms with Gasteiger partial charge >= 0.3 is 5.69 Å². The molecule has 1 aromatic carbocycles. The lowest BCUT2D eigenvalue weighted by Crippen LogP contribution is -2.29. The minimum Gasteiger partial charge on any atom is -0.483 e. The van der Waals surface area contributed by atoms with E-state index in [4.69, 9.17) is 9.47 Å². The van der Waals surface area contributed by atoms with Gasteiger partial charge < -0.3 is 9.47 Å². The number of hydrogen-bond donors (Lipinski definition) is 0. The molecular formula is C13H16FNO4. The van der Waals surface area contributed by atoms with Crippen LogP contribution in [0.5, 0.6) is 5.75 Å². The third kappa shape index (κ3) is 3.41. The predicted octanol–water partition coefficient (Wildman–Crippen LogP) is 3.07. The first-order valence-electron chi connectivity index (χ1n) is 6.23. The average Bonchev–Trinajstić information content (AvgIpc) is 2.38. The first kappa shape index (κ1) is 13.7. The lowest BCUT2D eigenvalue weighted by atomic mass is 9.95. The van der Waals surface area contributed by atoms with E-state index in [-0.39, 0.29) is 23.6 Å². The maximum atomic E-state index is 13.2. The zero-order valence-electron chi connectivity index (χ0n) is 10.7. The number of methoxy groups -OCH3 is 1. The Morgan fingerprint density at radius 1 is 1.37 bits per heavy atom. The zero-order valence-corrected chi connectivity index (χ0v) is 10.7. The van der Waals surface area contributed by atoms with Crippen LogP contribution >= 0.6 is 0 Å². The van der Waals surface area contributed by atoms with Gasteiger partial charge in [0.2, 0.25) is 0 Å². The molecule has 0 heterocycles. The maximum Gasteiger partial charge on any atom is 0.311 e. The van der Waals surface area contributed by atoms with Crippen LogP contribution in [0, 0.1) is 15.9 Å². The SMILES string of the molecule is CO[C@H]1CCC[C@H](Oc2cc(F)ccc2[N+](=O)[O-])C1. The van der Waals surface area contributed by atoms with Gasteiger partial charge in [0.15, 0.2) is 5.75 Å². The summed E-state index contributed by atoms with van der Waals surface area (Å²) in [5.74, 6) is -0.550. The number of rotatable bonds is 4. The van der Waals surface area contributed by atoms with E-state index in [9.17, 15) is 14.5 Å². The van der Waals surface area contributed by atoms with Crippen LogP contribution in [0.2, 0.25) is 0 Å². The summed E-state index contributed by atoms with van der Waals surface area (Å²) in [5, 5.41) is 10.9. The molecule has 0 saturated heterocycles. The molecule has 1 aliphatic rings. The van der Waals surface area contributed by atoms with E-state index < -0.39 is 10.7 Å². The normalized spacial score (nSPS) is 23.1. The van der Waals surface area contributed by atoms with Gasteiger partial charge in [0.05, 0.1) is 11.0 Å². The van der Waals surface area contributed by atoms with Crippen molar-refractivity contribution in [1.29, 1.82) is 0 Å². The Morgan fingerprint density at radius 3 is 2.79 bits per heavy atom. The molecule has 0 amide bonds. The van der Waals surface area contributed by atoms with Crippen molar-refractivity contribution in [2.45, 2.75) is 37.9 Å². The molecule has 0 aliphatic heterocycles. The van der Waals surface area contributed by atoms with E-state index in [1.807, 2.05) is 0 Å². The Kier molecular flexibility index (Phi) is 4.31. The van der Waals surface area contributed by atoms with E-state index in [0.29, 0.717) is 6.42 Å². The minimum atomic E-state index is -0.564. The molecule has 19 heavy (non-hydrogen) atoms. The van der Waals surface area contributed by atoms with Gasteiger partial charge in [0.25, 0.3) is 0 Å². The molecule has 1 saturated carbocycles. The highest BCUT2D eigenvalue weighted by Gasteiger charge is 2.26. The Bertz CT molecular complexity index is 466. The van der Waals surface area contributed by atoms with Crippen LogP contribution in [0.3, 0.4) is 0 Å². The van der Waals surface area contributed by atoms with E-state index in [1.165, 1.54) is 0 Å². The largest absolute Gasteiger partial charge is 0.483 e. The van der Waals surface area contributed by atoms with Crippen LogP contribution in [-0.4, -0.2) is 24.2 Å². The summed E-state index contributed by atoms with van der Waals surface area (Å²) in [4.78, 5) is 10.3. The maximum absolute atomic E-state index is 13.2. The molecule has 6 heteroatoms. The molecule has 0 N–H and O–H groups in total. The minimum absolute atomic E-state index is 0.00764. The fraction of sp³-hybridized carbons (Fsp3) is 0.538. The number of nitrogens with zero attached hydrogens (tertiary/aromatic N) is 1. The van der Waals surface area contributed by atoms with Crippen LogP contribution in [0.4, 0.5) is 10.1 Å². The molecule has 104 valence electrons. The van der Waals surface area contributed by atoms with Crippen molar-refractivity contribution in [3.63, 3.8) is 0 Å². The van der Waals surface area contributed by atoms with Crippen molar-refractivity contribution >= 4 is 5.69 Å². The second-order valence-corrected chi connectivity index (χ2v) is 4.63. The van der Waals surface area contributed by atoms with Gasteiger partial charge in [-0.25, -0.2) is 4.39 Å². The highest BCUT2D eigenvalue weighted by atomic mass is 19.1. The summed E-state index contributed by atoms with van der Waals surface area (Å²) >= 11 is 0. The Morgan fingerprint density at radius 2 is 2.11 bits per heavy atom. The van der Waals surface area contributed by atoms with Crippen LogP contribution in [0.25, 0.3) is 0 Å². The molecule has 0 spiro atoms. The average molecular weight is 269 g/mol. The summed E-state index contributed by atoms with van der Waals surface area (Å²) in [6.07, 6.45) is 3.30. The monoisotopic (exact) mass is 269 g/mol. The molecular weight excluding hydrogens is 253 g/mol. The van der Waals surface area contributed by atoms with Gasteiger partial charge in [-0.1, -0.05) is 0 Å². The first-order valence-corrected chi connectivity index (χ1v) is 6.23. The highest BCUT2D eigenvalue weighted by molar-refractivity contribution is 5.46. The molecule has 2 rings (SSSR count). The number of nitro benzene ring substituents is 1. The summed E-state index contributed by atoms with van der Waals surface area (Å²) in [7, 11) is 1.64. The van der Waals surface area contributed by atoms with Gasteiger partial charge in [-0.05, 0) is 25.3 Å². The molecule has 1 fully saturated rings. The highest BCUT2D eigenvalue weighted by Crippen LogP contribution is 2.32. The summed E-state index contributed by atoms with van der Waals surface area (Å²) in [5.41, 5.74) is -0.207. The predicted molar refractivity (Wildman–Crippen MR) is 66.7 cm³/mol. The molecule has 1 aromatic rings. The smallest absolute Gasteiger partial charge is 0.311 e. The number of nitro groups is 1. The van der Waals surface area contributed by atoms with Crippen molar-refractivity contribution in [2.24, 2.45) is 0 Å². The second kappa shape index (κ2) is 5.97. The van der Waals surface area contributed by atoms with Crippen molar-refractivity contribution in [1.82, 2.24) is 0 Å². The standard InChI is InChI=1S/C13H16FNO4/c1-18-10-3-2-4-11(8-10)19-13-7-9(14)5-6-12(13)15(16)17/h5-7,10-11H,2-4,8H2,1H3/t10-,11-/m0/s1. The Balaban J connectivity index is 2.13. The Hall–Kier alpha value is -1.69. The second-order valence-electron chi connectivity index (χ2n) is 4.63. The van der Waals surface area contributed by atoms with E-state index >= 15 is 0 Å². The number of ether oxygens (including phenoxy) is 2. The van der Waals surface area contributed by atoms with E-state index in [0.717, 1.165) is 37.5 Å². The lowest BCUT2D eigenvalue weighted by molar-refractivity contribution is -0.386. The number of benzene rings is 1. The van der Waals surface area contributed by atoms with Crippen molar-refractivity contribution < 1.29 is 18.8 Å². The van der Waals surface area contributed by atoms with Crippen LogP contribution < -0.4 is 4.74 Å². The van der Waals surface area contributed by atoms with Gasteiger partial charge in [-0.2, -0.15) is 0 Å². The number of halogens is 1. The van der Waals surface area contributed by atoms with Crippen molar-refractivity contribution in [3.05, 3.63) is 34.1 Å². The molecule has 1 aliphatic carbocycles. The van der Waals surface area contributed by atoms with Gasteiger partial charge in [0, 0.05) is 25.7 Å². The van der Waals surface area contributed by atoms with Gasteiger partial charge in [-0.3, -0.25) is 10.1 Å². The van der Waals surface area contributed by atoms with E-state index in [1.54, 1.807) is 7.11 Å². The van der Waals surface area contributed by atoms with E-state index in [2.05, 4.69) is 0 Å². The van der Waals surface area contributed by atoms with Gasteiger partial charge in [0.1, 0.15) is 11.9 Å². The first-order chi connectivity index (χ1) is 9.10. The topological polar surface area (TPSA) is 61.6 Å². The number of hydrogen-bond acceptors (Lipinski definition) is 4. The lowest BCUT2D eigenvalue weighted by Gasteiger charge is -2.28. The fourth-order valence-corrected chi connectivity index (χ4v) is 2.34. The molecule has 0 radical (unpaired) electrons. The van der Waals surface area contributed by atoms with Crippen LogP contribution in [0.15, 0.2) is 18.2 Å². The molecule has 5 nitrogen and oxygen atoms in total. The molecule has 0 unspecified atom stereocenters. The van der Waals surface area contributed by atoms with Gasteiger partial charge in [-0.15, -0.1) is 0 Å². The molecule has 0 bridgehead atoms. The fourth-order valence-electron chi connectivity index (χ4n) is 2.34. The zero-order chi connectivity index (χ0) is 13.8. The van der Waals surface area contributed by atoms with Crippen LogP contribution in [-0.2, 0) is 4.74 Å². The third-order valence-corrected chi connectivity index (χ3v) is 3.32. The summed E-state index contributed by atoms with van der Waals surface area (Å²) in [6.45, 7) is 0. The summed E-state index contributed by atoms with van der Waals surface area (Å²) < 4.78 is 24.1. The molecule has 2 atom stereocenters. The third-order valence-electron chi connectivity index (χ3n) is 3.32. The van der Waals surface area contributed by atoms with Crippen molar-refractivity contribution in [3.8, 4) is 5.75 Å². The Labute approximate surface area is 110 Å². The quantitative estimate of drug-likeness (QED) is 0.622. The van der Waals surface area contributed by atoms with Crippen LogP contribution in [0.1, 0.15) is 25.7 Å². The summed E-state index contributed by atoms with van der Waals surface area (Å²) in [6, 6.07) is 3.25.